The standard InChI is InChI=1S/C16H19N3O2S2/c1-3-11-22-16-19-18-15(23-16)17-14(20)5-4-10-21-13-8-6-12(2)7-9-13/h3,6-9H,1,4-5,10-11H2,2H3,(H,17,18,20). The molecule has 5 nitrogen and oxygen atoms in total. The summed E-state index contributed by atoms with van der Waals surface area (Å²) in [6.07, 6.45) is 2.84. The van der Waals surface area contributed by atoms with Crippen molar-refractivity contribution in [2.75, 3.05) is 17.7 Å². The Hall–Kier alpha value is -1.86. The molecule has 1 N–H and O–H groups in total. The van der Waals surface area contributed by atoms with E-state index in [1.54, 1.807) is 17.8 Å². The number of amides is 1. The second-order valence-electron chi connectivity index (χ2n) is 4.79. The second-order valence-corrected chi connectivity index (χ2v) is 7.03. The summed E-state index contributed by atoms with van der Waals surface area (Å²) in [5.41, 5.74) is 1.19. The number of hydrogen-bond acceptors (Lipinski definition) is 6. The van der Waals surface area contributed by atoms with E-state index >= 15 is 0 Å². The minimum absolute atomic E-state index is 0.0751. The van der Waals surface area contributed by atoms with Gasteiger partial charge in [-0.15, -0.1) is 16.8 Å². The molecule has 1 amide bonds. The summed E-state index contributed by atoms with van der Waals surface area (Å²) >= 11 is 2.91. The number of ether oxygens (including phenoxy) is 1. The van der Waals surface area contributed by atoms with Gasteiger partial charge >= 0.3 is 0 Å². The van der Waals surface area contributed by atoms with Gasteiger partial charge in [-0.05, 0) is 25.5 Å². The van der Waals surface area contributed by atoms with Crippen molar-refractivity contribution >= 4 is 34.1 Å². The van der Waals surface area contributed by atoms with Crippen LogP contribution in [0.5, 0.6) is 5.75 Å². The lowest BCUT2D eigenvalue weighted by molar-refractivity contribution is -0.116. The highest BCUT2D eigenvalue weighted by Crippen LogP contribution is 2.25. The maximum absolute atomic E-state index is 11.8. The molecule has 0 fully saturated rings. The van der Waals surface area contributed by atoms with Crippen LogP contribution in [0.2, 0.25) is 0 Å². The van der Waals surface area contributed by atoms with E-state index in [2.05, 4.69) is 22.1 Å². The normalized spacial score (nSPS) is 10.3. The van der Waals surface area contributed by atoms with E-state index in [9.17, 15) is 4.79 Å². The molecule has 2 aromatic rings. The molecule has 0 spiro atoms. The van der Waals surface area contributed by atoms with Gasteiger partial charge in [-0.25, -0.2) is 0 Å². The molecule has 0 atom stereocenters. The predicted molar refractivity (Wildman–Crippen MR) is 95.4 cm³/mol. The minimum Gasteiger partial charge on any atom is -0.494 e. The summed E-state index contributed by atoms with van der Waals surface area (Å²) in [5, 5.41) is 11.2. The average Bonchev–Trinajstić information content (AvgIpc) is 2.98. The molecule has 23 heavy (non-hydrogen) atoms. The maximum atomic E-state index is 11.8. The fraction of sp³-hybridized carbons (Fsp3) is 0.312. The molecule has 0 unspecified atom stereocenters. The topological polar surface area (TPSA) is 64.1 Å². The van der Waals surface area contributed by atoms with Gasteiger partial charge in [0.15, 0.2) is 4.34 Å². The van der Waals surface area contributed by atoms with E-state index in [0.717, 1.165) is 15.8 Å². The number of hydrogen-bond donors (Lipinski definition) is 1. The number of carbonyl (C=O) groups excluding carboxylic acids is 1. The fourth-order valence-corrected chi connectivity index (χ4v) is 3.22. The number of benzene rings is 1. The molecular formula is C16H19N3O2S2. The van der Waals surface area contributed by atoms with Crippen LogP contribution in [0.4, 0.5) is 5.13 Å². The fourth-order valence-electron chi connectivity index (χ4n) is 1.69. The Morgan fingerprint density at radius 1 is 1.39 bits per heavy atom. The highest BCUT2D eigenvalue weighted by atomic mass is 32.2. The zero-order valence-corrected chi connectivity index (χ0v) is 14.6. The summed E-state index contributed by atoms with van der Waals surface area (Å²) in [7, 11) is 0. The van der Waals surface area contributed by atoms with Crippen LogP contribution in [0.3, 0.4) is 0 Å². The number of nitrogens with one attached hydrogen (secondary N) is 1. The molecule has 122 valence electrons. The Morgan fingerprint density at radius 3 is 2.91 bits per heavy atom. The molecule has 0 aliphatic heterocycles. The van der Waals surface area contributed by atoms with Crippen molar-refractivity contribution < 1.29 is 9.53 Å². The van der Waals surface area contributed by atoms with E-state index in [-0.39, 0.29) is 5.91 Å². The second kappa shape index (κ2) is 9.32. The highest BCUT2D eigenvalue weighted by Gasteiger charge is 2.08. The molecule has 7 heteroatoms. The van der Waals surface area contributed by atoms with Gasteiger partial charge in [0.1, 0.15) is 5.75 Å². The van der Waals surface area contributed by atoms with Crippen LogP contribution < -0.4 is 10.1 Å². The summed E-state index contributed by atoms with van der Waals surface area (Å²) in [6, 6.07) is 7.86. The van der Waals surface area contributed by atoms with Crippen molar-refractivity contribution in [1.82, 2.24) is 10.2 Å². The summed E-state index contributed by atoms with van der Waals surface area (Å²) in [4.78, 5) is 11.8. The van der Waals surface area contributed by atoms with Crippen LogP contribution in [-0.2, 0) is 4.79 Å². The van der Waals surface area contributed by atoms with Gasteiger partial charge in [0, 0.05) is 12.2 Å². The van der Waals surface area contributed by atoms with Crippen LogP contribution in [0, 0.1) is 6.92 Å². The molecule has 2 rings (SSSR count). The van der Waals surface area contributed by atoms with Crippen LogP contribution >= 0.6 is 23.1 Å². The average molecular weight is 349 g/mol. The summed E-state index contributed by atoms with van der Waals surface area (Å²) in [5.74, 6) is 1.52. The van der Waals surface area contributed by atoms with E-state index in [1.165, 1.54) is 16.9 Å². The lowest BCUT2D eigenvalue weighted by atomic mass is 10.2. The van der Waals surface area contributed by atoms with E-state index in [1.807, 2.05) is 31.2 Å². The lowest BCUT2D eigenvalue weighted by Gasteiger charge is -2.06. The Labute approximate surface area is 144 Å². The van der Waals surface area contributed by atoms with Crippen molar-refractivity contribution in [1.29, 1.82) is 0 Å². The van der Waals surface area contributed by atoms with Gasteiger partial charge in [-0.1, -0.05) is 46.9 Å². The molecule has 0 aliphatic carbocycles. The SMILES string of the molecule is C=CCSc1nnc(NC(=O)CCCOc2ccc(C)cc2)s1. The van der Waals surface area contributed by atoms with Gasteiger partial charge < -0.3 is 10.1 Å². The number of aromatic nitrogens is 2. The Morgan fingerprint density at radius 2 is 2.17 bits per heavy atom. The molecule has 0 aliphatic rings. The smallest absolute Gasteiger partial charge is 0.226 e. The zero-order valence-electron chi connectivity index (χ0n) is 12.9. The Bertz CT molecular complexity index is 641. The number of aryl methyl sites for hydroxylation is 1. The van der Waals surface area contributed by atoms with E-state index < -0.39 is 0 Å². The monoisotopic (exact) mass is 349 g/mol. The predicted octanol–water partition coefficient (Wildman–Crippen LogP) is 3.92. The van der Waals surface area contributed by atoms with Crippen molar-refractivity contribution in [2.45, 2.75) is 24.1 Å². The van der Waals surface area contributed by atoms with Gasteiger partial charge in [0.25, 0.3) is 0 Å². The van der Waals surface area contributed by atoms with Gasteiger partial charge in [-0.2, -0.15) is 0 Å². The van der Waals surface area contributed by atoms with Crippen LogP contribution in [-0.4, -0.2) is 28.5 Å². The first kappa shape index (κ1) is 17.5. The molecule has 0 saturated carbocycles. The third-order valence-corrected chi connectivity index (χ3v) is 4.78. The Balaban J connectivity index is 1.65. The first-order valence-corrected chi connectivity index (χ1v) is 9.04. The Kier molecular flexibility index (Phi) is 7.09. The van der Waals surface area contributed by atoms with Gasteiger partial charge in [0.05, 0.1) is 6.61 Å². The van der Waals surface area contributed by atoms with Crippen LogP contribution in [0.1, 0.15) is 18.4 Å². The molecular weight excluding hydrogens is 330 g/mol. The van der Waals surface area contributed by atoms with Gasteiger partial charge in [0.2, 0.25) is 11.0 Å². The van der Waals surface area contributed by atoms with Crippen molar-refractivity contribution in [3.63, 3.8) is 0 Å². The largest absolute Gasteiger partial charge is 0.494 e. The molecule has 1 aromatic carbocycles. The van der Waals surface area contributed by atoms with E-state index in [0.29, 0.717) is 24.6 Å². The molecule has 0 saturated heterocycles. The third kappa shape index (κ3) is 6.42. The number of thioether (sulfide) groups is 1. The summed E-state index contributed by atoms with van der Waals surface area (Å²) in [6.45, 7) is 6.19. The lowest BCUT2D eigenvalue weighted by Crippen LogP contribution is -2.12. The first-order valence-electron chi connectivity index (χ1n) is 7.24. The van der Waals surface area contributed by atoms with Crippen LogP contribution in [0.25, 0.3) is 0 Å². The molecule has 0 bridgehead atoms. The third-order valence-electron chi connectivity index (χ3n) is 2.82. The van der Waals surface area contributed by atoms with Crippen LogP contribution in [0.15, 0.2) is 41.3 Å². The highest BCUT2D eigenvalue weighted by molar-refractivity contribution is 8.01. The van der Waals surface area contributed by atoms with Gasteiger partial charge in [-0.3, -0.25) is 4.79 Å². The molecule has 1 heterocycles. The molecule has 0 radical (unpaired) electrons. The zero-order chi connectivity index (χ0) is 16.5. The first-order chi connectivity index (χ1) is 11.2. The van der Waals surface area contributed by atoms with E-state index in [4.69, 9.17) is 4.74 Å². The minimum atomic E-state index is -0.0751. The molecule has 1 aromatic heterocycles. The van der Waals surface area contributed by atoms with Crippen molar-refractivity contribution in [3.8, 4) is 5.75 Å². The number of anilines is 1. The maximum Gasteiger partial charge on any atom is 0.226 e. The number of rotatable bonds is 9. The van der Waals surface area contributed by atoms with Crippen molar-refractivity contribution in [3.05, 3.63) is 42.5 Å². The number of nitrogens with zero attached hydrogens (tertiary/aromatic N) is 2. The quantitative estimate of drug-likeness (QED) is 0.322. The van der Waals surface area contributed by atoms with Crippen molar-refractivity contribution in [2.24, 2.45) is 0 Å². The number of carbonyl (C=O) groups is 1. The summed E-state index contributed by atoms with van der Waals surface area (Å²) < 4.78 is 6.41.